The van der Waals surface area contributed by atoms with Crippen LogP contribution in [0.4, 0.5) is 5.69 Å². The molecule has 0 aliphatic rings. The summed E-state index contributed by atoms with van der Waals surface area (Å²) in [6.45, 7) is 3.19. The lowest BCUT2D eigenvalue weighted by Gasteiger charge is -2.17. The number of hydrogen-bond donors (Lipinski definition) is 3. The van der Waals surface area contributed by atoms with E-state index in [1.165, 1.54) is 0 Å². The maximum absolute atomic E-state index is 11.6. The molecular formula is C11H17N3O3S. The third kappa shape index (κ3) is 4.82. The third-order valence-corrected chi connectivity index (χ3v) is 2.90. The molecule has 0 unspecified atom stereocenters. The molecule has 0 atom stereocenters. The fourth-order valence-electron chi connectivity index (χ4n) is 1.21. The number of hydrogen-bond acceptors (Lipinski definition) is 4. The van der Waals surface area contributed by atoms with Crippen LogP contribution in [-0.2, 0) is 20.6 Å². The molecule has 18 heavy (non-hydrogen) atoms. The zero-order chi connectivity index (χ0) is 14.0. The van der Waals surface area contributed by atoms with Gasteiger partial charge in [-0.25, -0.2) is 13.6 Å². The summed E-state index contributed by atoms with van der Waals surface area (Å²) in [6.07, 6.45) is 0. The van der Waals surface area contributed by atoms with Gasteiger partial charge in [0.2, 0.25) is 15.9 Å². The highest BCUT2D eigenvalue weighted by Crippen LogP contribution is 2.12. The number of nitrogens with two attached hydrogens (primary N) is 2. The molecule has 0 saturated carbocycles. The Balaban J connectivity index is 2.75. The summed E-state index contributed by atoms with van der Waals surface area (Å²) in [6, 6.07) is 6.38. The lowest BCUT2D eigenvalue weighted by molar-refractivity contribution is -0.120. The summed E-state index contributed by atoms with van der Waals surface area (Å²) >= 11 is 0. The van der Waals surface area contributed by atoms with Crippen LogP contribution in [0.15, 0.2) is 24.3 Å². The molecule has 0 radical (unpaired) electrons. The molecule has 0 spiro atoms. The van der Waals surface area contributed by atoms with E-state index in [1.807, 2.05) is 0 Å². The second kappa shape index (κ2) is 5.05. The topological polar surface area (TPSA) is 115 Å². The van der Waals surface area contributed by atoms with Crippen molar-refractivity contribution in [3.05, 3.63) is 29.8 Å². The molecule has 1 rings (SSSR count). The largest absolute Gasteiger partial charge is 0.325 e. The first kappa shape index (κ1) is 14.6. The lowest BCUT2D eigenvalue weighted by Crippen LogP contribution is -2.45. The lowest BCUT2D eigenvalue weighted by atomic mass is 10.1. The molecule has 0 bridgehead atoms. The van der Waals surface area contributed by atoms with Gasteiger partial charge in [-0.3, -0.25) is 4.79 Å². The smallest absolute Gasteiger partial charge is 0.243 e. The molecule has 100 valence electrons. The fraction of sp³-hybridized carbons (Fsp3) is 0.364. The van der Waals surface area contributed by atoms with Crippen molar-refractivity contribution in [2.45, 2.75) is 25.1 Å². The maximum Gasteiger partial charge on any atom is 0.243 e. The second-order valence-corrected chi connectivity index (χ2v) is 6.29. The number of primary sulfonamides is 1. The van der Waals surface area contributed by atoms with E-state index in [9.17, 15) is 13.2 Å². The highest BCUT2D eigenvalue weighted by atomic mass is 32.2. The Morgan fingerprint density at radius 2 is 1.78 bits per heavy atom. The van der Waals surface area contributed by atoms with E-state index in [1.54, 1.807) is 38.1 Å². The minimum atomic E-state index is -3.54. The van der Waals surface area contributed by atoms with Crippen molar-refractivity contribution in [3.63, 3.8) is 0 Å². The molecule has 6 nitrogen and oxygen atoms in total. The van der Waals surface area contributed by atoms with Gasteiger partial charge in [0.05, 0.1) is 11.3 Å². The molecule has 5 N–H and O–H groups in total. The number of sulfonamides is 1. The van der Waals surface area contributed by atoms with E-state index < -0.39 is 15.6 Å². The minimum Gasteiger partial charge on any atom is -0.325 e. The Labute approximate surface area is 106 Å². The summed E-state index contributed by atoms with van der Waals surface area (Å²) in [5, 5.41) is 7.56. The molecule has 0 aliphatic carbocycles. The van der Waals surface area contributed by atoms with Gasteiger partial charge in [-0.15, -0.1) is 0 Å². The average molecular weight is 271 g/mol. The molecule has 1 aromatic carbocycles. The highest BCUT2D eigenvalue weighted by molar-refractivity contribution is 7.88. The first-order chi connectivity index (χ1) is 8.08. The number of benzene rings is 1. The Bertz CT molecular complexity index is 530. The van der Waals surface area contributed by atoms with E-state index in [-0.39, 0.29) is 11.7 Å². The molecule has 0 fully saturated rings. The predicted molar refractivity (Wildman–Crippen MR) is 70.1 cm³/mol. The fourth-order valence-corrected chi connectivity index (χ4v) is 1.87. The Hall–Kier alpha value is -1.44. The quantitative estimate of drug-likeness (QED) is 0.723. The van der Waals surface area contributed by atoms with Crippen LogP contribution in [0.2, 0.25) is 0 Å². The van der Waals surface area contributed by atoms with Gasteiger partial charge in [0.25, 0.3) is 0 Å². The van der Waals surface area contributed by atoms with Crippen molar-refractivity contribution in [3.8, 4) is 0 Å². The van der Waals surface area contributed by atoms with Crippen molar-refractivity contribution >= 4 is 21.6 Å². The summed E-state index contributed by atoms with van der Waals surface area (Å²) in [4.78, 5) is 11.6. The van der Waals surface area contributed by atoms with Crippen molar-refractivity contribution in [1.82, 2.24) is 0 Å². The van der Waals surface area contributed by atoms with Gasteiger partial charge in [0, 0.05) is 5.69 Å². The number of carbonyl (C=O) groups excluding carboxylic acids is 1. The van der Waals surface area contributed by atoms with Crippen LogP contribution in [0.25, 0.3) is 0 Å². The molecular weight excluding hydrogens is 254 g/mol. The van der Waals surface area contributed by atoms with Crippen molar-refractivity contribution in [1.29, 1.82) is 0 Å². The van der Waals surface area contributed by atoms with Crippen molar-refractivity contribution in [2.75, 3.05) is 5.32 Å². The van der Waals surface area contributed by atoms with Gasteiger partial charge in [0.15, 0.2) is 0 Å². The first-order valence-corrected chi connectivity index (χ1v) is 6.99. The SMILES string of the molecule is CC(C)(N)C(=O)Nc1ccc(CS(N)(=O)=O)cc1. The van der Waals surface area contributed by atoms with Crippen LogP contribution in [0.5, 0.6) is 0 Å². The van der Waals surface area contributed by atoms with Crippen LogP contribution in [0, 0.1) is 0 Å². The molecule has 0 aliphatic heterocycles. The summed E-state index contributed by atoms with van der Waals surface area (Å²) in [5.41, 5.74) is 5.77. The first-order valence-electron chi connectivity index (χ1n) is 5.28. The summed E-state index contributed by atoms with van der Waals surface area (Å²) < 4.78 is 21.8. The number of anilines is 1. The van der Waals surface area contributed by atoms with Crippen LogP contribution in [0.1, 0.15) is 19.4 Å². The van der Waals surface area contributed by atoms with Gasteiger partial charge in [0.1, 0.15) is 0 Å². The Morgan fingerprint density at radius 3 is 2.17 bits per heavy atom. The van der Waals surface area contributed by atoms with Crippen LogP contribution in [-0.4, -0.2) is 19.9 Å². The number of rotatable bonds is 4. The van der Waals surface area contributed by atoms with Crippen molar-refractivity contribution < 1.29 is 13.2 Å². The molecule has 0 saturated heterocycles. The van der Waals surface area contributed by atoms with Gasteiger partial charge >= 0.3 is 0 Å². The Morgan fingerprint density at radius 1 is 1.28 bits per heavy atom. The van der Waals surface area contributed by atoms with Gasteiger partial charge in [-0.2, -0.15) is 0 Å². The summed E-state index contributed by atoms with van der Waals surface area (Å²) in [7, 11) is -3.54. The number of carbonyl (C=O) groups is 1. The normalized spacial score (nSPS) is 12.2. The standard InChI is InChI=1S/C11H17N3O3S/c1-11(2,12)10(15)14-9-5-3-8(4-6-9)7-18(13,16)17/h3-6H,7,12H2,1-2H3,(H,14,15)(H2,13,16,17). The van der Waals surface area contributed by atoms with E-state index in [0.717, 1.165) is 0 Å². The molecule has 1 amide bonds. The van der Waals surface area contributed by atoms with E-state index in [4.69, 9.17) is 10.9 Å². The maximum atomic E-state index is 11.6. The summed E-state index contributed by atoms with van der Waals surface area (Å²) in [5.74, 6) is -0.550. The van der Waals surface area contributed by atoms with E-state index in [0.29, 0.717) is 11.3 Å². The highest BCUT2D eigenvalue weighted by Gasteiger charge is 2.21. The molecule has 0 aromatic heterocycles. The number of nitrogens with one attached hydrogen (secondary N) is 1. The molecule has 7 heteroatoms. The zero-order valence-corrected chi connectivity index (χ0v) is 11.1. The molecule has 0 heterocycles. The molecule has 1 aromatic rings. The van der Waals surface area contributed by atoms with E-state index in [2.05, 4.69) is 5.32 Å². The minimum absolute atomic E-state index is 0.233. The van der Waals surface area contributed by atoms with Crippen molar-refractivity contribution in [2.24, 2.45) is 10.9 Å². The van der Waals surface area contributed by atoms with Gasteiger partial charge < -0.3 is 11.1 Å². The average Bonchev–Trinajstić information content (AvgIpc) is 2.17. The predicted octanol–water partition coefficient (Wildman–Crippen LogP) is 0.151. The third-order valence-electron chi connectivity index (χ3n) is 2.16. The Kier molecular flexibility index (Phi) is 4.10. The van der Waals surface area contributed by atoms with E-state index >= 15 is 0 Å². The van der Waals surface area contributed by atoms with Gasteiger partial charge in [-0.05, 0) is 31.5 Å². The zero-order valence-electron chi connectivity index (χ0n) is 10.3. The van der Waals surface area contributed by atoms with Gasteiger partial charge in [-0.1, -0.05) is 12.1 Å². The van der Waals surface area contributed by atoms with Crippen LogP contribution in [0.3, 0.4) is 0 Å². The number of amides is 1. The second-order valence-electron chi connectivity index (χ2n) is 4.68. The van der Waals surface area contributed by atoms with Crippen LogP contribution < -0.4 is 16.2 Å². The van der Waals surface area contributed by atoms with Crippen LogP contribution >= 0.6 is 0 Å². The monoisotopic (exact) mass is 271 g/mol.